The number of fused-ring (bicyclic) bond motifs is 1. The number of rotatable bonds is 11. The topological polar surface area (TPSA) is 249 Å². The van der Waals surface area contributed by atoms with Crippen molar-refractivity contribution in [3.05, 3.63) is 108 Å². The number of urea groups is 1. The van der Waals surface area contributed by atoms with Gasteiger partial charge in [0.1, 0.15) is 35.5 Å². The molecule has 0 spiro atoms. The molecule has 2 aliphatic rings. The van der Waals surface area contributed by atoms with E-state index in [1.54, 1.807) is 48.8 Å². The highest BCUT2D eigenvalue weighted by molar-refractivity contribution is 5.89. The summed E-state index contributed by atoms with van der Waals surface area (Å²) in [5.74, 6) is 0.839. The zero-order valence-corrected chi connectivity index (χ0v) is 29.2. The van der Waals surface area contributed by atoms with E-state index < -0.39 is 24.5 Å². The summed E-state index contributed by atoms with van der Waals surface area (Å²) in [6, 6.07) is 18.1. The Morgan fingerprint density at radius 2 is 1.73 bits per heavy atom. The lowest BCUT2D eigenvalue weighted by molar-refractivity contribution is -0.0434. The number of phenols is 2. The summed E-state index contributed by atoms with van der Waals surface area (Å²) in [6.45, 7) is 0.852. The molecule has 0 bridgehead atoms. The fourth-order valence-corrected chi connectivity index (χ4v) is 6.91. The van der Waals surface area contributed by atoms with Gasteiger partial charge in [0, 0.05) is 43.9 Å². The second-order valence-electron chi connectivity index (χ2n) is 13.4. The molecule has 55 heavy (non-hydrogen) atoms. The van der Waals surface area contributed by atoms with E-state index in [9.17, 15) is 30.3 Å². The second kappa shape index (κ2) is 15.2. The van der Waals surface area contributed by atoms with E-state index in [1.807, 2.05) is 29.2 Å². The number of ether oxygens (including phenoxy) is 1. The van der Waals surface area contributed by atoms with Crippen LogP contribution in [0.3, 0.4) is 0 Å². The van der Waals surface area contributed by atoms with Gasteiger partial charge in [-0.3, -0.25) is 9.55 Å². The van der Waals surface area contributed by atoms with Gasteiger partial charge in [0.15, 0.2) is 29.0 Å². The molecule has 284 valence electrons. The minimum atomic E-state index is -1.42. The zero-order chi connectivity index (χ0) is 38.1. The number of carbonyl (C=O) groups excluding carboxylic acids is 1. The third-order valence-corrected chi connectivity index (χ3v) is 9.73. The smallest absolute Gasteiger partial charge is 0.319 e. The predicted octanol–water partition coefficient (Wildman–Crippen LogP) is 2.75. The molecule has 0 aliphatic carbocycles. The number of anilines is 3. The maximum absolute atomic E-state index is 12.8. The Balaban J connectivity index is 1.11. The van der Waals surface area contributed by atoms with Crippen LogP contribution in [0.5, 0.6) is 11.5 Å². The number of aromatic hydroxyl groups is 2. The molecule has 6 heterocycles. The third-order valence-electron chi connectivity index (χ3n) is 9.73. The first-order chi connectivity index (χ1) is 26.7. The lowest BCUT2D eigenvalue weighted by atomic mass is 9.91. The number of phenolic OH excluding ortho intramolecular Hbond substituents is 2. The van der Waals surface area contributed by atoms with Crippen LogP contribution in [0.15, 0.2) is 90.0 Å². The standard InChI is InChI=1S/C37H38N10O8/c48-18-24-14-28(55-45-24)32-30(51)31(52)35(54-32)47-19-40-29-33(39-16-27(20-3-7-25(49)8-4-20)21-5-9-26(50)10-6-21)43-36(44-34(29)47)46-13-11-23(17-46)42-37(53)41-22-2-1-12-38-15-22/h1-10,12,14-15,19,23,27,30-32,35,48-52H,11,13,16-18H2,(H,39,43,44)(H2,41,42,53)/t23?,30-,31+,32+,35+/m0/s1. The summed E-state index contributed by atoms with van der Waals surface area (Å²) in [5.41, 5.74) is 3.25. The normalized spacial score (nSPS) is 21.0. The average molecular weight is 751 g/mol. The van der Waals surface area contributed by atoms with Crippen molar-refractivity contribution in [2.45, 2.75) is 49.5 Å². The first-order valence-electron chi connectivity index (χ1n) is 17.6. The fraction of sp³-hybridized carbons (Fsp3) is 0.297. The molecule has 2 aliphatic heterocycles. The molecule has 4 aromatic heterocycles. The fourth-order valence-electron chi connectivity index (χ4n) is 6.91. The molecule has 18 heteroatoms. The number of aliphatic hydroxyl groups excluding tert-OH is 3. The molecule has 0 saturated carbocycles. The van der Waals surface area contributed by atoms with Crippen molar-refractivity contribution in [2.24, 2.45) is 0 Å². The third kappa shape index (κ3) is 7.43. The van der Waals surface area contributed by atoms with Gasteiger partial charge in [-0.25, -0.2) is 9.78 Å². The summed E-state index contributed by atoms with van der Waals surface area (Å²) in [7, 11) is 0. The van der Waals surface area contributed by atoms with Crippen molar-refractivity contribution < 1.29 is 39.6 Å². The number of imidazole rings is 1. The molecule has 0 radical (unpaired) electrons. The Hall–Kier alpha value is -6.34. The second-order valence-corrected chi connectivity index (χ2v) is 13.4. The molecule has 1 unspecified atom stereocenters. The number of benzene rings is 2. The Kier molecular flexibility index (Phi) is 9.85. The van der Waals surface area contributed by atoms with Crippen molar-refractivity contribution in [1.29, 1.82) is 0 Å². The van der Waals surface area contributed by atoms with E-state index in [-0.39, 0.29) is 47.6 Å². The number of hydrogen-bond acceptors (Lipinski definition) is 15. The minimum absolute atomic E-state index is 0.127. The summed E-state index contributed by atoms with van der Waals surface area (Å²) in [5, 5.41) is 64.7. The summed E-state index contributed by atoms with van der Waals surface area (Å²) < 4.78 is 13.0. The lowest BCUT2D eigenvalue weighted by Crippen LogP contribution is -2.40. The van der Waals surface area contributed by atoms with Crippen LogP contribution in [0.2, 0.25) is 0 Å². The summed E-state index contributed by atoms with van der Waals surface area (Å²) in [4.78, 5) is 33.2. The van der Waals surface area contributed by atoms with Gasteiger partial charge in [0.2, 0.25) is 5.95 Å². The number of aliphatic hydroxyl groups is 3. The molecule has 2 amide bonds. The molecule has 2 fully saturated rings. The Labute approximate surface area is 313 Å². The van der Waals surface area contributed by atoms with Crippen LogP contribution in [-0.2, 0) is 11.3 Å². The van der Waals surface area contributed by atoms with Gasteiger partial charge in [-0.1, -0.05) is 29.4 Å². The summed E-state index contributed by atoms with van der Waals surface area (Å²) in [6.07, 6.45) is 0.170. The van der Waals surface area contributed by atoms with Crippen LogP contribution in [0.4, 0.5) is 22.2 Å². The van der Waals surface area contributed by atoms with Crippen LogP contribution in [-0.4, -0.2) is 99.1 Å². The van der Waals surface area contributed by atoms with Crippen molar-refractivity contribution in [3.63, 3.8) is 0 Å². The van der Waals surface area contributed by atoms with E-state index >= 15 is 0 Å². The molecule has 2 saturated heterocycles. The van der Waals surface area contributed by atoms with Crippen LogP contribution in [0, 0.1) is 0 Å². The van der Waals surface area contributed by atoms with Crippen molar-refractivity contribution in [3.8, 4) is 11.5 Å². The molecular weight excluding hydrogens is 712 g/mol. The van der Waals surface area contributed by atoms with Crippen LogP contribution in [0.1, 0.15) is 47.3 Å². The Morgan fingerprint density at radius 1 is 0.982 bits per heavy atom. The number of amides is 2. The number of nitrogens with zero attached hydrogens (tertiary/aromatic N) is 7. The molecule has 6 aromatic rings. The molecule has 18 nitrogen and oxygen atoms in total. The first kappa shape index (κ1) is 35.7. The molecule has 2 aromatic carbocycles. The number of hydrogen-bond donors (Lipinski definition) is 8. The molecule has 5 atom stereocenters. The average Bonchev–Trinajstić information content (AvgIpc) is 4.01. The van der Waals surface area contributed by atoms with Gasteiger partial charge < -0.3 is 55.6 Å². The van der Waals surface area contributed by atoms with Crippen LogP contribution in [0.25, 0.3) is 11.2 Å². The van der Waals surface area contributed by atoms with Crippen molar-refractivity contribution in [2.75, 3.05) is 35.2 Å². The van der Waals surface area contributed by atoms with Crippen LogP contribution < -0.4 is 20.9 Å². The quantitative estimate of drug-likeness (QED) is 0.0948. The Morgan fingerprint density at radius 3 is 2.40 bits per heavy atom. The number of nitrogens with one attached hydrogen (secondary N) is 3. The zero-order valence-electron chi connectivity index (χ0n) is 29.2. The SMILES string of the molecule is O=C(Nc1cccnc1)NC1CCN(c2nc(NCC(c3ccc(O)cc3)c3ccc(O)cc3)c3ncn([C@@H]4O[C@H](c5cc(CO)no5)[C@@H](O)[C@H]4O)c3n2)C1. The van der Waals surface area contributed by atoms with Gasteiger partial charge in [-0.2, -0.15) is 9.97 Å². The van der Waals surface area contributed by atoms with Gasteiger partial charge in [0.25, 0.3) is 0 Å². The van der Waals surface area contributed by atoms with Crippen LogP contribution >= 0.6 is 0 Å². The lowest BCUT2D eigenvalue weighted by Gasteiger charge is -2.22. The molecule has 8 rings (SSSR count). The molecular formula is C37H38N10O8. The highest BCUT2D eigenvalue weighted by Crippen LogP contribution is 2.41. The van der Waals surface area contributed by atoms with Gasteiger partial charge in [-0.15, -0.1) is 0 Å². The largest absolute Gasteiger partial charge is 0.508 e. The number of carbonyl (C=O) groups is 1. The maximum Gasteiger partial charge on any atom is 0.319 e. The monoisotopic (exact) mass is 750 g/mol. The van der Waals surface area contributed by atoms with Crippen molar-refractivity contribution >= 4 is 34.6 Å². The predicted molar refractivity (Wildman–Crippen MR) is 196 cm³/mol. The summed E-state index contributed by atoms with van der Waals surface area (Å²) >= 11 is 0. The van der Waals surface area contributed by atoms with E-state index in [0.29, 0.717) is 54.7 Å². The number of pyridine rings is 1. The minimum Gasteiger partial charge on any atom is -0.508 e. The van der Waals surface area contributed by atoms with E-state index in [2.05, 4.69) is 31.1 Å². The Bertz CT molecular complexity index is 2210. The van der Waals surface area contributed by atoms with Gasteiger partial charge in [0.05, 0.1) is 24.8 Å². The van der Waals surface area contributed by atoms with Crippen molar-refractivity contribution in [1.82, 2.24) is 35.0 Å². The van der Waals surface area contributed by atoms with E-state index in [1.165, 1.54) is 17.0 Å². The maximum atomic E-state index is 12.8. The van der Waals surface area contributed by atoms with E-state index in [0.717, 1.165) is 11.1 Å². The van der Waals surface area contributed by atoms with Gasteiger partial charge in [-0.05, 0) is 53.9 Å². The highest BCUT2D eigenvalue weighted by Gasteiger charge is 2.47. The van der Waals surface area contributed by atoms with E-state index in [4.69, 9.17) is 19.2 Å². The van der Waals surface area contributed by atoms with Gasteiger partial charge >= 0.3 is 6.03 Å². The first-order valence-corrected chi connectivity index (χ1v) is 17.6. The number of aromatic nitrogens is 6. The highest BCUT2D eigenvalue weighted by atomic mass is 16.6. The molecule has 8 N–H and O–H groups in total.